The van der Waals surface area contributed by atoms with Gasteiger partial charge in [0.2, 0.25) is 6.04 Å². The molecule has 0 aliphatic heterocycles. The number of hydrogen-bond donors (Lipinski definition) is 1. The molecule has 1 aliphatic carbocycles. The van der Waals surface area contributed by atoms with Crippen LogP contribution in [0.2, 0.25) is 0 Å². The van der Waals surface area contributed by atoms with Gasteiger partial charge in [0, 0.05) is 0 Å². The third kappa shape index (κ3) is 2.86. The second-order valence-electron chi connectivity index (χ2n) is 4.83. The van der Waals surface area contributed by atoms with Crippen LogP contribution in [0.5, 0.6) is 0 Å². The Morgan fingerprint density at radius 1 is 1.56 bits per heavy atom. The first kappa shape index (κ1) is 12.6. The lowest BCUT2D eigenvalue weighted by Gasteiger charge is -2.19. The molecule has 1 heterocycles. The average Bonchev–Trinajstić information content (AvgIpc) is 2.79. The van der Waals surface area contributed by atoms with Crippen molar-refractivity contribution in [3.63, 3.8) is 0 Å². The molecule has 2 rings (SSSR count). The number of aromatic nitrogens is 3. The Labute approximate surface area is 106 Å². The molecule has 6 heteroatoms. The molecule has 6 nitrogen and oxygen atoms in total. The molecule has 18 heavy (non-hydrogen) atoms. The highest BCUT2D eigenvalue weighted by atomic mass is 16.1. The summed E-state index contributed by atoms with van der Waals surface area (Å²) < 4.78 is 1.25. The third-order valence-electron chi connectivity index (χ3n) is 3.44. The zero-order valence-electron chi connectivity index (χ0n) is 10.2. The van der Waals surface area contributed by atoms with Crippen molar-refractivity contribution >= 4 is 5.91 Å². The Kier molecular flexibility index (Phi) is 3.92. The quantitative estimate of drug-likeness (QED) is 0.856. The fourth-order valence-electron chi connectivity index (χ4n) is 2.47. The maximum atomic E-state index is 11.0. The maximum absolute atomic E-state index is 11.0. The summed E-state index contributed by atoms with van der Waals surface area (Å²) in [6.45, 7) is 0. The molecule has 1 aromatic heterocycles. The minimum Gasteiger partial charge on any atom is -0.367 e. The van der Waals surface area contributed by atoms with Gasteiger partial charge in [0.25, 0.3) is 5.91 Å². The van der Waals surface area contributed by atoms with Crippen molar-refractivity contribution in [3.05, 3.63) is 11.9 Å². The van der Waals surface area contributed by atoms with Gasteiger partial charge in [-0.05, 0) is 12.3 Å². The summed E-state index contributed by atoms with van der Waals surface area (Å²) in [4.78, 5) is 11.0. The van der Waals surface area contributed by atoms with Crippen LogP contribution in [0, 0.1) is 17.2 Å². The number of nitrogens with two attached hydrogens (primary N) is 1. The number of primary amides is 1. The van der Waals surface area contributed by atoms with Crippen molar-refractivity contribution in [1.82, 2.24) is 15.0 Å². The zero-order chi connectivity index (χ0) is 13.0. The zero-order valence-corrected chi connectivity index (χ0v) is 10.2. The highest BCUT2D eigenvalue weighted by Crippen LogP contribution is 2.26. The van der Waals surface area contributed by atoms with Gasteiger partial charge in [0.1, 0.15) is 0 Å². The number of hydrogen-bond acceptors (Lipinski definition) is 4. The third-order valence-corrected chi connectivity index (χ3v) is 3.44. The topological polar surface area (TPSA) is 97.6 Å². The van der Waals surface area contributed by atoms with E-state index in [9.17, 15) is 4.79 Å². The monoisotopic (exact) mass is 247 g/mol. The molecule has 1 fully saturated rings. The first-order valence-corrected chi connectivity index (χ1v) is 6.30. The summed E-state index contributed by atoms with van der Waals surface area (Å²) in [6, 6.07) is 0.763. The van der Waals surface area contributed by atoms with E-state index in [0.717, 1.165) is 12.1 Å². The van der Waals surface area contributed by atoms with Gasteiger partial charge >= 0.3 is 0 Å². The Bertz CT molecular complexity index is 455. The summed E-state index contributed by atoms with van der Waals surface area (Å²) in [6.07, 6.45) is 8.86. The number of carbonyl (C=O) groups excluding carboxylic acids is 1. The van der Waals surface area contributed by atoms with E-state index in [4.69, 9.17) is 11.0 Å². The molecular weight excluding hydrogens is 230 g/mol. The highest BCUT2D eigenvalue weighted by molar-refractivity contribution is 5.80. The van der Waals surface area contributed by atoms with Crippen molar-refractivity contribution in [2.75, 3.05) is 0 Å². The van der Waals surface area contributed by atoms with Crippen LogP contribution in [-0.4, -0.2) is 20.9 Å². The normalized spacial score (nSPS) is 18.2. The number of amides is 1. The van der Waals surface area contributed by atoms with Crippen LogP contribution >= 0.6 is 0 Å². The van der Waals surface area contributed by atoms with Crippen LogP contribution in [0.15, 0.2) is 6.20 Å². The van der Waals surface area contributed by atoms with E-state index in [1.807, 2.05) is 6.07 Å². The summed E-state index contributed by atoms with van der Waals surface area (Å²) in [5, 5.41) is 16.7. The van der Waals surface area contributed by atoms with Gasteiger partial charge in [0.05, 0.1) is 18.0 Å². The molecule has 1 aliphatic rings. The molecule has 2 N–H and O–H groups in total. The van der Waals surface area contributed by atoms with E-state index in [1.54, 1.807) is 6.20 Å². The standard InChI is InChI=1S/C12H17N5O/c13-7-11(12(14)18)17-8-10(15-16-17)6-9-4-2-1-3-5-9/h8-9,11H,1-6H2,(H2,14,18)/t11-/m1/s1. The molecule has 1 amide bonds. The van der Waals surface area contributed by atoms with Crippen LogP contribution < -0.4 is 5.73 Å². The van der Waals surface area contributed by atoms with Crippen LogP contribution in [0.3, 0.4) is 0 Å². The summed E-state index contributed by atoms with van der Waals surface area (Å²) in [5.74, 6) is -0.0513. The van der Waals surface area contributed by atoms with Gasteiger partial charge in [0.15, 0.2) is 0 Å². The molecule has 0 radical (unpaired) electrons. The summed E-state index contributed by atoms with van der Waals surface area (Å²) >= 11 is 0. The minimum absolute atomic E-state index is 0.651. The van der Waals surface area contributed by atoms with E-state index >= 15 is 0 Å². The van der Waals surface area contributed by atoms with Crippen molar-refractivity contribution in [2.24, 2.45) is 11.7 Å². The van der Waals surface area contributed by atoms with Gasteiger partial charge in [-0.25, -0.2) is 4.68 Å². The highest BCUT2D eigenvalue weighted by Gasteiger charge is 2.20. The molecule has 1 atom stereocenters. The molecule has 0 saturated heterocycles. The smallest absolute Gasteiger partial charge is 0.257 e. The van der Waals surface area contributed by atoms with E-state index in [2.05, 4.69) is 10.3 Å². The maximum Gasteiger partial charge on any atom is 0.257 e. The molecule has 0 spiro atoms. The number of carbonyl (C=O) groups is 1. The average molecular weight is 247 g/mol. The second kappa shape index (κ2) is 5.63. The van der Waals surface area contributed by atoms with Gasteiger partial charge in [-0.2, -0.15) is 5.26 Å². The molecular formula is C12H17N5O. The summed E-state index contributed by atoms with van der Waals surface area (Å²) in [7, 11) is 0. The van der Waals surface area contributed by atoms with Gasteiger partial charge in [-0.3, -0.25) is 4.79 Å². The van der Waals surface area contributed by atoms with Gasteiger partial charge in [-0.15, -0.1) is 5.10 Å². The predicted molar refractivity (Wildman–Crippen MR) is 64.1 cm³/mol. The van der Waals surface area contributed by atoms with Crippen LogP contribution in [0.1, 0.15) is 43.8 Å². The molecule has 0 bridgehead atoms. The van der Waals surface area contributed by atoms with E-state index < -0.39 is 11.9 Å². The summed E-state index contributed by atoms with van der Waals surface area (Å²) in [5.41, 5.74) is 5.96. The lowest BCUT2D eigenvalue weighted by atomic mass is 9.86. The Morgan fingerprint density at radius 3 is 2.89 bits per heavy atom. The fourth-order valence-corrected chi connectivity index (χ4v) is 2.47. The van der Waals surface area contributed by atoms with Crippen molar-refractivity contribution in [3.8, 4) is 6.07 Å². The molecule has 1 aromatic rings. The Hall–Kier alpha value is -1.90. The van der Waals surface area contributed by atoms with Crippen LogP contribution in [0.4, 0.5) is 0 Å². The Balaban J connectivity index is 2.01. The molecule has 0 unspecified atom stereocenters. The predicted octanol–water partition coefficient (Wildman–Crippen LogP) is 0.951. The van der Waals surface area contributed by atoms with E-state index in [1.165, 1.54) is 36.8 Å². The molecule has 96 valence electrons. The van der Waals surface area contributed by atoms with E-state index in [-0.39, 0.29) is 0 Å². The van der Waals surface area contributed by atoms with Crippen molar-refractivity contribution in [2.45, 2.75) is 44.6 Å². The lowest BCUT2D eigenvalue weighted by Crippen LogP contribution is -2.25. The number of nitrogens with zero attached hydrogens (tertiary/aromatic N) is 4. The number of rotatable bonds is 4. The van der Waals surface area contributed by atoms with Crippen LogP contribution in [0.25, 0.3) is 0 Å². The largest absolute Gasteiger partial charge is 0.367 e. The molecule has 0 aromatic carbocycles. The van der Waals surface area contributed by atoms with Crippen molar-refractivity contribution in [1.29, 1.82) is 5.26 Å². The second-order valence-corrected chi connectivity index (χ2v) is 4.83. The van der Waals surface area contributed by atoms with Gasteiger partial charge < -0.3 is 5.73 Å². The van der Waals surface area contributed by atoms with E-state index in [0.29, 0.717) is 5.92 Å². The van der Waals surface area contributed by atoms with Gasteiger partial charge in [-0.1, -0.05) is 37.3 Å². The van der Waals surface area contributed by atoms with Crippen LogP contribution in [-0.2, 0) is 11.2 Å². The van der Waals surface area contributed by atoms with Crippen molar-refractivity contribution < 1.29 is 4.79 Å². The lowest BCUT2D eigenvalue weighted by molar-refractivity contribution is -0.119. The first-order chi connectivity index (χ1) is 8.70. The molecule has 1 saturated carbocycles. The Morgan fingerprint density at radius 2 is 2.28 bits per heavy atom. The SMILES string of the molecule is N#C[C@H](C(N)=O)n1cc(CC2CCCCC2)nn1. The minimum atomic E-state index is -1.06. The first-order valence-electron chi connectivity index (χ1n) is 6.30. The number of nitriles is 1. The fraction of sp³-hybridized carbons (Fsp3) is 0.667.